The fourth-order valence-electron chi connectivity index (χ4n) is 9.26. The van der Waals surface area contributed by atoms with E-state index in [2.05, 4.69) is 35.5 Å². The SMILES string of the molecule is CCc1[nH]c2nc(C3=CCOCC3)nn2c(=O)c1N1CCN(C(=O)OC(C)(C)C)CC1.CCc1c(N2CCN(C(=O)OC(C)(C)C)CC2)c(=O)n2nc(C3=CCOCC3)nc2n1CC(=O)Nc1cnc(C(F)(F)F)cc1C. The van der Waals surface area contributed by atoms with Gasteiger partial charge in [-0.1, -0.05) is 26.0 Å². The number of nitrogens with one attached hydrogen (secondary N) is 2. The first-order valence-electron chi connectivity index (χ1n) is 25.8. The van der Waals surface area contributed by atoms with E-state index in [1.165, 1.54) is 16.0 Å². The number of carbonyl (C=O) groups excluding carboxylic acids is 3. The van der Waals surface area contributed by atoms with Crippen molar-refractivity contribution in [2.75, 3.05) is 93.9 Å². The van der Waals surface area contributed by atoms with Gasteiger partial charge in [-0.25, -0.2) is 14.6 Å². The molecule has 5 aromatic heterocycles. The first-order chi connectivity index (χ1) is 36.4. The van der Waals surface area contributed by atoms with Crippen LogP contribution in [0.4, 0.5) is 39.8 Å². The maximum atomic E-state index is 14.0. The molecule has 416 valence electrons. The van der Waals surface area contributed by atoms with Crippen LogP contribution in [0.25, 0.3) is 22.7 Å². The molecule has 0 spiro atoms. The lowest BCUT2D eigenvalue weighted by Crippen LogP contribution is -2.51. The predicted molar refractivity (Wildman–Crippen MR) is 279 cm³/mol. The van der Waals surface area contributed by atoms with Crippen molar-refractivity contribution >= 4 is 57.9 Å². The zero-order chi connectivity index (χ0) is 55.6. The zero-order valence-corrected chi connectivity index (χ0v) is 45.0. The Morgan fingerprint density at radius 3 is 1.73 bits per heavy atom. The van der Waals surface area contributed by atoms with Crippen LogP contribution in [0.3, 0.4) is 0 Å². The van der Waals surface area contributed by atoms with E-state index in [0.29, 0.717) is 133 Å². The largest absolute Gasteiger partial charge is 0.444 e. The van der Waals surface area contributed by atoms with Crippen LogP contribution in [-0.4, -0.2) is 162 Å². The number of aryl methyl sites for hydroxylation is 2. The second-order valence-electron chi connectivity index (χ2n) is 20.9. The lowest BCUT2D eigenvalue weighted by atomic mass is 10.1. The Morgan fingerprint density at radius 2 is 1.25 bits per heavy atom. The summed E-state index contributed by atoms with van der Waals surface area (Å²) >= 11 is 0. The van der Waals surface area contributed by atoms with Crippen LogP contribution in [0, 0.1) is 6.92 Å². The van der Waals surface area contributed by atoms with Gasteiger partial charge in [0.15, 0.2) is 11.6 Å². The number of halogens is 3. The molecule has 2 fully saturated rings. The minimum Gasteiger partial charge on any atom is -0.444 e. The van der Waals surface area contributed by atoms with E-state index in [1.807, 2.05) is 56.6 Å². The van der Waals surface area contributed by atoms with E-state index in [4.69, 9.17) is 18.9 Å². The van der Waals surface area contributed by atoms with Crippen LogP contribution >= 0.6 is 0 Å². The number of pyridine rings is 1. The van der Waals surface area contributed by atoms with E-state index in [1.54, 1.807) is 35.1 Å². The van der Waals surface area contributed by atoms with Crippen LogP contribution in [0.2, 0.25) is 0 Å². The van der Waals surface area contributed by atoms with Crippen molar-refractivity contribution in [1.82, 2.24) is 53.5 Å². The summed E-state index contributed by atoms with van der Waals surface area (Å²) < 4.78 is 65.3. The molecule has 5 aromatic rings. The van der Waals surface area contributed by atoms with Gasteiger partial charge in [0.25, 0.3) is 11.1 Å². The number of H-pyrrole nitrogens is 1. The number of fused-ring (bicyclic) bond motifs is 2. The number of anilines is 3. The fraction of sp³-hybridized carbons (Fsp3) is 0.569. The van der Waals surface area contributed by atoms with Crippen LogP contribution in [0.5, 0.6) is 0 Å². The summed E-state index contributed by atoms with van der Waals surface area (Å²) in [6.45, 7) is 21.3. The summed E-state index contributed by atoms with van der Waals surface area (Å²) in [5.74, 6) is 0.940. The van der Waals surface area contributed by atoms with Gasteiger partial charge in [-0.3, -0.25) is 14.4 Å². The first-order valence-corrected chi connectivity index (χ1v) is 25.8. The Labute approximate surface area is 442 Å². The van der Waals surface area contributed by atoms with Gasteiger partial charge in [-0.2, -0.15) is 32.2 Å². The Bertz CT molecular complexity index is 3200. The molecule has 0 aliphatic carbocycles. The van der Waals surface area contributed by atoms with Gasteiger partial charge in [-0.15, -0.1) is 10.2 Å². The van der Waals surface area contributed by atoms with Gasteiger partial charge in [0.05, 0.1) is 44.0 Å². The predicted octanol–water partition coefficient (Wildman–Crippen LogP) is 5.52. The number of hydrogen-bond acceptors (Lipinski definition) is 16. The first kappa shape index (κ1) is 55.9. The summed E-state index contributed by atoms with van der Waals surface area (Å²) in [5, 5.41) is 11.7. The second-order valence-corrected chi connectivity index (χ2v) is 20.9. The Kier molecular flexibility index (Phi) is 16.5. The maximum Gasteiger partial charge on any atom is 0.433 e. The molecule has 9 rings (SSSR count). The molecule has 2 N–H and O–H groups in total. The Hall–Kier alpha value is -7.35. The minimum absolute atomic E-state index is 0.126. The summed E-state index contributed by atoms with van der Waals surface area (Å²) in [6, 6.07) is 0.867. The number of nitrogens with zero attached hydrogens (tertiary/aromatic N) is 12. The smallest absolute Gasteiger partial charge is 0.433 e. The van der Waals surface area contributed by atoms with Crippen molar-refractivity contribution in [1.29, 1.82) is 0 Å². The highest BCUT2D eigenvalue weighted by Crippen LogP contribution is 2.30. The monoisotopic (exact) mass is 1080 g/mol. The van der Waals surface area contributed by atoms with Crippen molar-refractivity contribution in [2.45, 2.75) is 112 Å². The minimum atomic E-state index is -4.62. The zero-order valence-electron chi connectivity index (χ0n) is 45.0. The number of aromatic amines is 1. The van der Waals surface area contributed by atoms with Crippen LogP contribution in [0.15, 0.2) is 34.0 Å². The number of amides is 3. The van der Waals surface area contributed by atoms with Crippen molar-refractivity contribution < 1.29 is 46.5 Å². The van der Waals surface area contributed by atoms with Crippen LogP contribution in [-0.2, 0) is 49.3 Å². The molecular formula is C51H67F3N14O9. The van der Waals surface area contributed by atoms with E-state index >= 15 is 0 Å². The van der Waals surface area contributed by atoms with Crippen molar-refractivity contribution in [3.63, 3.8) is 0 Å². The van der Waals surface area contributed by atoms with Crippen LogP contribution in [0.1, 0.15) is 103 Å². The molecule has 3 amide bonds. The molecule has 0 saturated carbocycles. The molecule has 23 nitrogen and oxygen atoms in total. The maximum absolute atomic E-state index is 14.0. The Morgan fingerprint density at radius 1 is 0.727 bits per heavy atom. The topological polar surface area (TPSA) is 241 Å². The molecule has 0 radical (unpaired) electrons. The third kappa shape index (κ3) is 12.9. The molecule has 77 heavy (non-hydrogen) atoms. The lowest BCUT2D eigenvalue weighted by molar-refractivity contribution is -0.141. The highest BCUT2D eigenvalue weighted by atomic mass is 19.4. The standard InChI is InChI=1S/C30H37F3N8O5.C21H30N6O4/c1-6-21-24(38-9-11-39(12-10-38)28(44)46-29(3,4)5)26(43)41-27(36-25(37-41)19-7-13-45-14-8-19)40(21)17-23(42)35-20-16-34-22(15-18(20)2)30(31,32)33;1-5-15-16(25-8-10-26(11-9-25)20(29)31-21(2,3)4)18(28)27-19(22-15)23-17(24-27)14-6-12-30-13-7-14/h7,15-16H,6,8-14,17H2,1-5H3,(H,35,42);6H,5,7-13H2,1-4H3,(H,22,23,24). The number of rotatable bonds is 9. The van der Waals surface area contributed by atoms with Gasteiger partial charge in [0.1, 0.15) is 34.8 Å². The third-order valence-corrected chi connectivity index (χ3v) is 13.0. The van der Waals surface area contributed by atoms with E-state index < -0.39 is 40.6 Å². The highest BCUT2D eigenvalue weighted by molar-refractivity contribution is 5.91. The van der Waals surface area contributed by atoms with E-state index in [0.717, 1.165) is 35.5 Å². The molecule has 0 unspecified atom stereocenters. The lowest BCUT2D eigenvalue weighted by Gasteiger charge is -2.37. The van der Waals surface area contributed by atoms with Crippen LogP contribution < -0.4 is 26.2 Å². The average Bonchev–Trinajstić information content (AvgIpc) is 4.15. The molecule has 0 atom stereocenters. The van der Waals surface area contributed by atoms with Gasteiger partial charge in [-0.05, 0) is 96.9 Å². The third-order valence-electron chi connectivity index (χ3n) is 13.0. The van der Waals surface area contributed by atoms with Crippen molar-refractivity contribution in [2.24, 2.45) is 0 Å². The van der Waals surface area contributed by atoms with Gasteiger partial charge < -0.3 is 53.4 Å². The Balaban J connectivity index is 0.000000220. The number of piperazine rings is 2. The molecule has 0 aromatic carbocycles. The summed E-state index contributed by atoms with van der Waals surface area (Å²) in [6.07, 6.45) is 1.68. The fourth-order valence-corrected chi connectivity index (χ4v) is 9.26. The quantitative estimate of drug-likeness (QED) is 0.185. The van der Waals surface area contributed by atoms with E-state index in [9.17, 15) is 37.1 Å². The van der Waals surface area contributed by atoms with Crippen molar-refractivity contribution in [3.8, 4) is 0 Å². The molecule has 9 heterocycles. The molecule has 4 aliphatic rings. The number of aromatic nitrogens is 9. The summed E-state index contributed by atoms with van der Waals surface area (Å²) in [5.41, 5.74) is 1.54. The molecular weight excluding hydrogens is 1010 g/mol. The second kappa shape index (κ2) is 22.7. The van der Waals surface area contributed by atoms with E-state index in [-0.39, 0.29) is 35.2 Å². The van der Waals surface area contributed by atoms with Gasteiger partial charge >= 0.3 is 18.4 Å². The molecule has 26 heteroatoms. The highest BCUT2D eigenvalue weighted by Gasteiger charge is 2.34. The number of ether oxygens (including phenoxy) is 4. The number of hydrogen-bond donors (Lipinski definition) is 2. The number of alkyl halides is 3. The number of carbonyl (C=O) groups is 3. The summed E-state index contributed by atoms with van der Waals surface area (Å²) in [4.78, 5) is 89.0. The summed E-state index contributed by atoms with van der Waals surface area (Å²) in [7, 11) is 0. The molecule has 2 saturated heterocycles. The molecule has 4 aliphatic heterocycles. The van der Waals surface area contributed by atoms with Crippen molar-refractivity contribution in [3.05, 3.63) is 79.4 Å². The molecule has 0 bridgehead atoms. The van der Waals surface area contributed by atoms with Gasteiger partial charge in [0, 0.05) is 58.1 Å². The van der Waals surface area contributed by atoms with Gasteiger partial charge in [0.2, 0.25) is 17.5 Å². The average molecular weight is 1080 g/mol. The normalized spacial score (nSPS) is 16.7.